The normalized spacial score (nSPS) is 11.2. The van der Waals surface area contributed by atoms with Crippen molar-refractivity contribution in [2.75, 3.05) is 7.11 Å². The zero-order valence-corrected chi connectivity index (χ0v) is 23.9. The van der Waals surface area contributed by atoms with E-state index in [4.69, 9.17) is 14.5 Å². The van der Waals surface area contributed by atoms with Crippen LogP contribution < -0.4 is 15.0 Å². The van der Waals surface area contributed by atoms with Crippen molar-refractivity contribution < 1.29 is 9.47 Å². The lowest BCUT2D eigenvalue weighted by molar-refractivity contribution is 0.282. The van der Waals surface area contributed by atoms with E-state index in [1.165, 1.54) is 4.68 Å². The minimum atomic E-state index is -0.210. The average molecular weight is 625 g/mol. The molecule has 0 atom stereocenters. The Morgan fingerprint density at radius 1 is 1.08 bits per heavy atom. The van der Waals surface area contributed by atoms with Crippen LogP contribution >= 0.6 is 31.9 Å². The molecule has 0 saturated heterocycles. The van der Waals surface area contributed by atoms with Crippen LogP contribution in [0.5, 0.6) is 11.5 Å². The molecular weight excluding hydrogens is 598 g/mol. The van der Waals surface area contributed by atoms with Crippen LogP contribution in [-0.4, -0.2) is 23.0 Å². The van der Waals surface area contributed by atoms with Crippen molar-refractivity contribution in [1.29, 1.82) is 0 Å². The summed E-state index contributed by atoms with van der Waals surface area (Å²) in [5.41, 5.74) is 3.17. The van der Waals surface area contributed by atoms with E-state index in [0.29, 0.717) is 47.7 Å². The van der Waals surface area contributed by atoms with Crippen LogP contribution in [0.3, 0.4) is 0 Å². The maximum Gasteiger partial charge on any atom is 0.282 e. The first-order valence-corrected chi connectivity index (χ1v) is 13.5. The summed E-state index contributed by atoms with van der Waals surface area (Å²) in [6, 6.07) is 17.3. The fraction of sp³-hybridized carbons (Fsp3) is 0.207. The van der Waals surface area contributed by atoms with Crippen LogP contribution in [0.15, 0.2) is 86.1 Å². The first kappa shape index (κ1) is 26.8. The van der Waals surface area contributed by atoms with Gasteiger partial charge in [0.2, 0.25) is 0 Å². The standard InChI is InChI=1S/C29H27Br2N3O3/c1-4-6-21-14-20(15-26(36-3)28(21)37-18-19-8-10-22(30)11-9-19)17-32-34-27(7-5-2)33-25-13-12-23(31)16-24(25)29(34)35/h4,8-17H,1,5-7,18H2,2-3H3. The summed E-state index contributed by atoms with van der Waals surface area (Å²) in [5, 5.41) is 5.06. The lowest BCUT2D eigenvalue weighted by Gasteiger charge is -2.16. The quantitative estimate of drug-likeness (QED) is 0.140. The molecule has 0 amide bonds. The smallest absolute Gasteiger partial charge is 0.282 e. The van der Waals surface area contributed by atoms with Gasteiger partial charge in [0.15, 0.2) is 11.5 Å². The molecular formula is C29H27Br2N3O3. The topological polar surface area (TPSA) is 65.7 Å². The first-order valence-electron chi connectivity index (χ1n) is 11.9. The number of fused-ring (bicyclic) bond motifs is 1. The number of allylic oxidation sites excluding steroid dienone is 1. The molecule has 0 bridgehead atoms. The van der Waals surface area contributed by atoms with Gasteiger partial charge in [-0.05, 0) is 66.4 Å². The van der Waals surface area contributed by atoms with Gasteiger partial charge in [-0.15, -0.1) is 6.58 Å². The van der Waals surface area contributed by atoms with E-state index in [2.05, 4.69) is 43.5 Å². The highest BCUT2D eigenvalue weighted by Gasteiger charge is 2.14. The highest BCUT2D eigenvalue weighted by molar-refractivity contribution is 9.10. The number of hydrogen-bond donors (Lipinski definition) is 0. The monoisotopic (exact) mass is 623 g/mol. The Hall–Kier alpha value is -3.23. The summed E-state index contributed by atoms with van der Waals surface area (Å²) < 4.78 is 15.1. The molecule has 0 saturated carbocycles. The summed E-state index contributed by atoms with van der Waals surface area (Å²) in [6.45, 7) is 6.34. The number of rotatable bonds is 10. The van der Waals surface area contributed by atoms with Crippen LogP contribution in [0, 0.1) is 0 Å². The van der Waals surface area contributed by atoms with Crippen molar-refractivity contribution in [3.05, 3.63) is 109 Å². The number of ether oxygens (including phenoxy) is 2. The molecule has 0 N–H and O–H groups in total. The number of aryl methyl sites for hydroxylation is 1. The molecule has 0 aliphatic carbocycles. The van der Waals surface area contributed by atoms with Crippen molar-refractivity contribution in [3.63, 3.8) is 0 Å². The molecule has 6 nitrogen and oxygen atoms in total. The van der Waals surface area contributed by atoms with E-state index < -0.39 is 0 Å². The van der Waals surface area contributed by atoms with Gasteiger partial charge in [-0.1, -0.05) is 57.0 Å². The summed E-state index contributed by atoms with van der Waals surface area (Å²) in [6.07, 6.45) is 5.52. The summed E-state index contributed by atoms with van der Waals surface area (Å²) in [7, 11) is 1.61. The second-order valence-electron chi connectivity index (χ2n) is 8.42. The van der Waals surface area contributed by atoms with Crippen LogP contribution in [0.4, 0.5) is 0 Å². The zero-order chi connectivity index (χ0) is 26.4. The van der Waals surface area contributed by atoms with E-state index in [9.17, 15) is 4.79 Å². The predicted octanol–water partition coefficient (Wildman–Crippen LogP) is 7.07. The second kappa shape index (κ2) is 12.3. The first-order chi connectivity index (χ1) is 17.9. The largest absolute Gasteiger partial charge is 0.493 e. The second-order valence-corrected chi connectivity index (χ2v) is 10.3. The highest BCUT2D eigenvalue weighted by Crippen LogP contribution is 2.34. The molecule has 0 unspecified atom stereocenters. The van der Waals surface area contributed by atoms with Crippen molar-refractivity contribution in [1.82, 2.24) is 9.66 Å². The number of aromatic nitrogens is 2. The number of hydrogen-bond acceptors (Lipinski definition) is 5. The molecule has 8 heteroatoms. The van der Waals surface area contributed by atoms with Gasteiger partial charge in [-0.3, -0.25) is 4.79 Å². The highest BCUT2D eigenvalue weighted by atomic mass is 79.9. The third kappa shape index (κ3) is 6.37. The van der Waals surface area contributed by atoms with Gasteiger partial charge in [-0.2, -0.15) is 9.78 Å². The summed E-state index contributed by atoms with van der Waals surface area (Å²) in [5.74, 6) is 1.86. The molecule has 1 heterocycles. The average Bonchev–Trinajstić information content (AvgIpc) is 2.89. The fourth-order valence-electron chi connectivity index (χ4n) is 3.94. The lowest BCUT2D eigenvalue weighted by atomic mass is 10.1. The Labute approximate surface area is 232 Å². The molecule has 190 valence electrons. The lowest BCUT2D eigenvalue weighted by Crippen LogP contribution is -2.22. The maximum absolute atomic E-state index is 13.3. The SMILES string of the molecule is C=CCc1cc(C=Nn2c(CCC)nc3ccc(Br)cc3c2=O)cc(OC)c1OCc1ccc(Br)cc1. The van der Waals surface area contributed by atoms with Crippen molar-refractivity contribution in [2.45, 2.75) is 32.8 Å². The van der Waals surface area contributed by atoms with Gasteiger partial charge in [-0.25, -0.2) is 4.98 Å². The van der Waals surface area contributed by atoms with E-state index >= 15 is 0 Å². The molecule has 0 radical (unpaired) electrons. The van der Waals surface area contributed by atoms with Gasteiger partial charge in [0, 0.05) is 20.9 Å². The summed E-state index contributed by atoms with van der Waals surface area (Å²) >= 11 is 6.90. The van der Waals surface area contributed by atoms with Crippen LogP contribution in [-0.2, 0) is 19.4 Å². The van der Waals surface area contributed by atoms with Gasteiger partial charge < -0.3 is 9.47 Å². The zero-order valence-electron chi connectivity index (χ0n) is 20.7. The Morgan fingerprint density at radius 3 is 2.54 bits per heavy atom. The Balaban J connectivity index is 1.72. The number of benzene rings is 3. The van der Waals surface area contributed by atoms with Gasteiger partial charge in [0.1, 0.15) is 12.4 Å². The molecule has 0 spiro atoms. The van der Waals surface area contributed by atoms with Crippen LogP contribution in [0.1, 0.15) is 35.9 Å². The third-order valence-electron chi connectivity index (χ3n) is 5.71. The number of nitrogens with zero attached hydrogens (tertiary/aromatic N) is 3. The van der Waals surface area contributed by atoms with Gasteiger partial charge in [0.05, 0.1) is 24.2 Å². The Bertz CT molecular complexity index is 1510. The molecule has 0 aliphatic rings. The molecule has 4 aromatic rings. The Morgan fingerprint density at radius 2 is 1.84 bits per heavy atom. The van der Waals surface area contributed by atoms with E-state index in [0.717, 1.165) is 32.1 Å². The van der Waals surface area contributed by atoms with Gasteiger partial charge in [0.25, 0.3) is 5.56 Å². The third-order valence-corrected chi connectivity index (χ3v) is 6.73. The predicted molar refractivity (Wildman–Crippen MR) is 156 cm³/mol. The minimum Gasteiger partial charge on any atom is -0.493 e. The molecule has 4 rings (SSSR count). The van der Waals surface area contributed by atoms with Crippen molar-refractivity contribution >= 4 is 49.0 Å². The molecule has 0 aliphatic heterocycles. The van der Waals surface area contributed by atoms with E-state index in [-0.39, 0.29) is 5.56 Å². The molecule has 3 aromatic carbocycles. The van der Waals surface area contributed by atoms with E-state index in [1.807, 2.05) is 61.5 Å². The fourth-order valence-corrected chi connectivity index (χ4v) is 4.57. The maximum atomic E-state index is 13.3. The molecule has 37 heavy (non-hydrogen) atoms. The van der Waals surface area contributed by atoms with Crippen molar-refractivity contribution in [2.24, 2.45) is 5.10 Å². The number of methoxy groups -OCH3 is 1. The molecule has 0 fully saturated rings. The number of halogens is 2. The Kier molecular flexibility index (Phi) is 8.95. The van der Waals surface area contributed by atoms with E-state index in [1.54, 1.807) is 19.4 Å². The summed E-state index contributed by atoms with van der Waals surface area (Å²) in [4.78, 5) is 18.0. The van der Waals surface area contributed by atoms with Crippen molar-refractivity contribution in [3.8, 4) is 11.5 Å². The van der Waals surface area contributed by atoms with Gasteiger partial charge >= 0.3 is 0 Å². The minimum absolute atomic E-state index is 0.210. The van der Waals surface area contributed by atoms with Crippen LogP contribution in [0.2, 0.25) is 0 Å². The molecule has 1 aromatic heterocycles. The van der Waals surface area contributed by atoms with Crippen LogP contribution in [0.25, 0.3) is 10.9 Å².